The summed E-state index contributed by atoms with van der Waals surface area (Å²) in [4.78, 5) is 4.48. The largest absolute Gasteiger partial charge is 0.494 e. The molecule has 0 radical (unpaired) electrons. The fourth-order valence-corrected chi connectivity index (χ4v) is 2.18. The highest BCUT2D eigenvalue weighted by Gasteiger charge is 2.09. The average molecular weight is 284 g/mol. The molecule has 3 nitrogen and oxygen atoms in total. The van der Waals surface area contributed by atoms with Gasteiger partial charge in [0.25, 0.3) is 0 Å². The molecule has 1 unspecified atom stereocenters. The van der Waals surface area contributed by atoms with Crippen LogP contribution in [0.15, 0.2) is 42.6 Å². The summed E-state index contributed by atoms with van der Waals surface area (Å²) in [6.45, 7) is 4.96. The van der Waals surface area contributed by atoms with Crippen molar-refractivity contribution in [1.82, 2.24) is 4.98 Å². The highest BCUT2D eigenvalue weighted by atomic mass is 16.5. The van der Waals surface area contributed by atoms with Crippen LogP contribution in [-0.4, -0.2) is 11.6 Å². The standard InChI is InChI=1S/C18H24N2O/c1-3-10-21-17-7-5-6-15(11-17)18(19)12-16-9-8-14(4-2)13-20-16/h5-9,11,13,18H,3-4,10,12,19H2,1-2H3. The maximum atomic E-state index is 6.30. The minimum absolute atomic E-state index is 0.0600. The number of aromatic nitrogens is 1. The van der Waals surface area contributed by atoms with Gasteiger partial charge in [0.15, 0.2) is 0 Å². The predicted octanol–water partition coefficient (Wildman–Crippen LogP) is 3.68. The number of nitrogens with zero attached hydrogens (tertiary/aromatic N) is 1. The summed E-state index contributed by atoms with van der Waals surface area (Å²) in [5.41, 5.74) is 9.67. The topological polar surface area (TPSA) is 48.1 Å². The Morgan fingerprint density at radius 1 is 1.19 bits per heavy atom. The van der Waals surface area contributed by atoms with Crippen molar-refractivity contribution in [1.29, 1.82) is 0 Å². The molecule has 0 amide bonds. The van der Waals surface area contributed by atoms with Gasteiger partial charge < -0.3 is 10.5 Å². The first-order valence-corrected chi connectivity index (χ1v) is 7.65. The molecule has 2 aromatic rings. The third-order valence-electron chi connectivity index (χ3n) is 3.48. The average Bonchev–Trinajstić information content (AvgIpc) is 2.54. The number of rotatable bonds is 7. The number of ether oxygens (including phenoxy) is 1. The van der Waals surface area contributed by atoms with E-state index in [1.807, 2.05) is 30.5 Å². The molecule has 0 spiro atoms. The molecule has 0 saturated heterocycles. The number of nitrogens with two attached hydrogens (primary N) is 1. The van der Waals surface area contributed by atoms with Gasteiger partial charge in [-0.25, -0.2) is 0 Å². The van der Waals surface area contributed by atoms with E-state index in [1.165, 1.54) is 5.56 Å². The second kappa shape index (κ2) is 7.79. The molecule has 21 heavy (non-hydrogen) atoms. The Balaban J connectivity index is 2.03. The third kappa shape index (κ3) is 4.57. The molecule has 1 aromatic heterocycles. The van der Waals surface area contributed by atoms with Crippen LogP contribution in [0.4, 0.5) is 0 Å². The van der Waals surface area contributed by atoms with E-state index in [0.717, 1.165) is 42.9 Å². The predicted molar refractivity (Wildman–Crippen MR) is 86.5 cm³/mol. The summed E-state index contributed by atoms with van der Waals surface area (Å²) in [7, 11) is 0. The Morgan fingerprint density at radius 2 is 2.05 bits per heavy atom. The summed E-state index contributed by atoms with van der Waals surface area (Å²) in [6.07, 6.45) is 4.68. The molecule has 0 bridgehead atoms. The molecule has 0 aliphatic rings. The Bertz CT molecular complexity index is 551. The van der Waals surface area contributed by atoms with Crippen molar-refractivity contribution in [2.24, 2.45) is 5.73 Å². The molecule has 0 fully saturated rings. The monoisotopic (exact) mass is 284 g/mol. The lowest BCUT2D eigenvalue weighted by Crippen LogP contribution is -2.14. The SMILES string of the molecule is CCCOc1cccc(C(N)Cc2ccc(CC)cn2)c1. The first kappa shape index (κ1) is 15.5. The summed E-state index contributed by atoms with van der Waals surface area (Å²) in [6, 6.07) is 12.2. The van der Waals surface area contributed by atoms with Gasteiger partial charge in [-0.15, -0.1) is 0 Å². The summed E-state index contributed by atoms with van der Waals surface area (Å²) >= 11 is 0. The molecule has 0 saturated carbocycles. The first-order chi connectivity index (χ1) is 10.2. The van der Waals surface area contributed by atoms with E-state index in [9.17, 15) is 0 Å². The van der Waals surface area contributed by atoms with Crippen LogP contribution >= 0.6 is 0 Å². The van der Waals surface area contributed by atoms with Crippen LogP contribution in [0.3, 0.4) is 0 Å². The van der Waals surface area contributed by atoms with E-state index in [-0.39, 0.29) is 6.04 Å². The van der Waals surface area contributed by atoms with E-state index >= 15 is 0 Å². The van der Waals surface area contributed by atoms with Gasteiger partial charge in [-0.3, -0.25) is 4.98 Å². The fraction of sp³-hybridized carbons (Fsp3) is 0.389. The normalized spacial score (nSPS) is 12.1. The molecule has 0 aliphatic carbocycles. The van der Waals surface area contributed by atoms with Gasteiger partial charge >= 0.3 is 0 Å². The van der Waals surface area contributed by atoms with Crippen molar-refractivity contribution in [3.63, 3.8) is 0 Å². The second-order valence-electron chi connectivity index (χ2n) is 5.24. The molecular formula is C18H24N2O. The third-order valence-corrected chi connectivity index (χ3v) is 3.48. The maximum Gasteiger partial charge on any atom is 0.119 e. The van der Waals surface area contributed by atoms with Crippen molar-refractivity contribution >= 4 is 0 Å². The minimum atomic E-state index is -0.0600. The molecule has 1 heterocycles. The molecular weight excluding hydrogens is 260 g/mol. The number of aryl methyl sites for hydroxylation is 1. The summed E-state index contributed by atoms with van der Waals surface area (Å²) < 4.78 is 5.66. The zero-order valence-electron chi connectivity index (χ0n) is 12.9. The number of pyridine rings is 1. The van der Waals surface area contributed by atoms with Gasteiger partial charge in [-0.1, -0.05) is 32.0 Å². The molecule has 1 atom stereocenters. The zero-order valence-corrected chi connectivity index (χ0v) is 12.9. The molecule has 2 rings (SSSR count). The molecule has 1 aromatic carbocycles. The summed E-state index contributed by atoms with van der Waals surface area (Å²) in [5.74, 6) is 0.888. The van der Waals surface area contributed by atoms with Gasteiger partial charge in [-0.05, 0) is 42.2 Å². The van der Waals surface area contributed by atoms with Crippen LogP contribution < -0.4 is 10.5 Å². The van der Waals surface area contributed by atoms with Crippen molar-refractivity contribution in [3.05, 3.63) is 59.4 Å². The van der Waals surface area contributed by atoms with Gasteiger partial charge in [0.2, 0.25) is 0 Å². The highest BCUT2D eigenvalue weighted by Crippen LogP contribution is 2.20. The number of hydrogen-bond donors (Lipinski definition) is 1. The van der Waals surface area contributed by atoms with Crippen molar-refractivity contribution in [2.45, 2.75) is 39.2 Å². The first-order valence-electron chi connectivity index (χ1n) is 7.65. The quantitative estimate of drug-likeness (QED) is 0.843. The number of benzene rings is 1. The van der Waals surface area contributed by atoms with Crippen molar-refractivity contribution in [3.8, 4) is 5.75 Å². The van der Waals surface area contributed by atoms with Crippen LogP contribution in [-0.2, 0) is 12.8 Å². The van der Waals surface area contributed by atoms with E-state index in [1.54, 1.807) is 0 Å². The van der Waals surface area contributed by atoms with Gasteiger partial charge in [0.1, 0.15) is 5.75 Å². The Kier molecular flexibility index (Phi) is 5.76. The lowest BCUT2D eigenvalue weighted by Gasteiger charge is -2.13. The smallest absolute Gasteiger partial charge is 0.119 e. The Hall–Kier alpha value is -1.87. The van der Waals surface area contributed by atoms with E-state index < -0.39 is 0 Å². The lowest BCUT2D eigenvalue weighted by molar-refractivity contribution is 0.317. The fourth-order valence-electron chi connectivity index (χ4n) is 2.18. The van der Waals surface area contributed by atoms with E-state index in [4.69, 9.17) is 10.5 Å². The molecule has 3 heteroatoms. The van der Waals surface area contributed by atoms with Crippen molar-refractivity contribution in [2.75, 3.05) is 6.61 Å². The van der Waals surface area contributed by atoms with Gasteiger partial charge in [-0.2, -0.15) is 0 Å². The van der Waals surface area contributed by atoms with Crippen LogP contribution in [0.25, 0.3) is 0 Å². The molecule has 0 aliphatic heterocycles. The molecule has 2 N–H and O–H groups in total. The van der Waals surface area contributed by atoms with Crippen molar-refractivity contribution < 1.29 is 4.74 Å². The van der Waals surface area contributed by atoms with Crippen LogP contribution in [0.5, 0.6) is 5.75 Å². The lowest BCUT2D eigenvalue weighted by atomic mass is 10.0. The van der Waals surface area contributed by atoms with Gasteiger partial charge in [0.05, 0.1) is 6.61 Å². The van der Waals surface area contributed by atoms with Crippen LogP contribution in [0.1, 0.15) is 43.1 Å². The molecule has 112 valence electrons. The van der Waals surface area contributed by atoms with Crippen LogP contribution in [0, 0.1) is 0 Å². The van der Waals surface area contributed by atoms with Gasteiger partial charge in [0, 0.05) is 24.4 Å². The maximum absolute atomic E-state index is 6.30. The Morgan fingerprint density at radius 3 is 2.71 bits per heavy atom. The van der Waals surface area contributed by atoms with E-state index in [2.05, 4.69) is 31.0 Å². The Labute approximate surface area is 127 Å². The highest BCUT2D eigenvalue weighted by molar-refractivity contribution is 5.31. The summed E-state index contributed by atoms with van der Waals surface area (Å²) in [5, 5.41) is 0. The second-order valence-corrected chi connectivity index (χ2v) is 5.24. The zero-order chi connectivity index (χ0) is 15.1. The minimum Gasteiger partial charge on any atom is -0.494 e. The van der Waals surface area contributed by atoms with Crippen LogP contribution in [0.2, 0.25) is 0 Å². The van der Waals surface area contributed by atoms with E-state index in [0.29, 0.717) is 0 Å². The number of hydrogen-bond acceptors (Lipinski definition) is 3.